The highest BCUT2D eigenvalue weighted by Crippen LogP contribution is 2.33. The molecule has 1 aliphatic carbocycles. The van der Waals surface area contributed by atoms with Gasteiger partial charge in [-0.2, -0.15) is 0 Å². The zero-order valence-electron chi connectivity index (χ0n) is 13.2. The number of hydrogen-bond donors (Lipinski definition) is 1. The lowest BCUT2D eigenvalue weighted by molar-refractivity contribution is 0.569. The summed E-state index contributed by atoms with van der Waals surface area (Å²) in [6.07, 6.45) is 9.10. The van der Waals surface area contributed by atoms with E-state index in [-0.39, 0.29) is 0 Å². The molecule has 0 bridgehead atoms. The van der Waals surface area contributed by atoms with Gasteiger partial charge in [-0.05, 0) is 44.2 Å². The van der Waals surface area contributed by atoms with E-state index in [0.717, 1.165) is 25.0 Å². The first kappa shape index (κ1) is 15.3. The van der Waals surface area contributed by atoms with Crippen molar-refractivity contribution in [3.05, 3.63) is 24.0 Å². The lowest BCUT2D eigenvalue weighted by atomic mass is 10.1. The molecule has 2 rings (SSSR count). The van der Waals surface area contributed by atoms with Crippen LogP contribution in [-0.2, 0) is 6.54 Å². The summed E-state index contributed by atoms with van der Waals surface area (Å²) in [6, 6.07) is 2.96. The van der Waals surface area contributed by atoms with E-state index in [1.165, 1.54) is 43.5 Å². The number of aromatic nitrogens is 1. The van der Waals surface area contributed by atoms with Crippen molar-refractivity contribution in [2.75, 3.05) is 18.0 Å². The predicted octanol–water partition coefficient (Wildman–Crippen LogP) is 3.60. The highest BCUT2D eigenvalue weighted by atomic mass is 15.2. The van der Waals surface area contributed by atoms with Crippen LogP contribution in [0.1, 0.15) is 52.0 Å². The van der Waals surface area contributed by atoms with Crippen molar-refractivity contribution in [3.63, 3.8) is 0 Å². The van der Waals surface area contributed by atoms with Crippen LogP contribution in [0.15, 0.2) is 18.5 Å². The highest BCUT2D eigenvalue weighted by Gasteiger charge is 2.30. The number of rotatable bonds is 9. The predicted molar refractivity (Wildman–Crippen MR) is 86.1 cm³/mol. The number of anilines is 1. The van der Waals surface area contributed by atoms with Crippen LogP contribution in [-0.4, -0.2) is 24.1 Å². The van der Waals surface area contributed by atoms with E-state index in [1.54, 1.807) is 0 Å². The monoisotopic (exact) mass is 275 g/mol. The van der Waals surface area contributed by atoms with E-state index in [1.807, 2.05) is 12.4 Å². The third kappa shape index (κ3) is 4.48. The summed E-state index contributed by atoms with van der Waals surface area (Å²) < 4.78 is 0. The van der Waals surface area contributed by atoms with Gasteiger partial charge in [-0.25, -0.2) is 0 Å². The number of nitrogens with zero attached hydrogens (tertiary/aromatic N) is 2. The van der Waals surface area contributed by atoms with Crippen LogP contribution in [0.3, 0.4) is 0 Å². The average molecular weight is 275 g/mol. The van der Waals surface area contributed by atoms with E-state index >= 15 is 0 Å². The fourth-order valence-corrected chi connectivity index (χ4v) is 2.52. The summed E-state index contributed by atoms with van der Waals surface area (Å²) in [6.45, 7) is 10.00. The molecular formula is C17H29N3. The van der Waals surface area contributed by atoms with Crippen molar-refractivity contribution in [1.82, 2.24) is 10.3 Å². The van der Waals surface area contributed by atoms with Crippen LogP contribution in [0.25, 0.3) is 0 Å². The Morgan fingerprint density at radius 2 is 2.20 bits per heavy atom. The largest absolute Gasteiger partial charge is 0.368 e. The maximum absolute atomic E-state index is 4.31. The maximum atomic E-state index is 4.31. The van der Waals surface area contributed by atoms with Gasteiger partial charge < -0.3 is 10.2 Å². The van der Waals surface area contributed by atoms with Crippen LogP contribution in [0.2, 0.25) is 0 Å². The van der Waals surface area contributed by atoms with Crippen LogP contribution in [0, 0.1) is 5.92 Å². The third-order valence-corrected chi connectivity index (χ3v) is 3.86. The quantitative estimate of drug-likeness (QED) is 0.698. The molecule has 3 nitrogen and oxygen atoms in total. The van der Waals surface area contributed by atoms with Gasteiger partial charge in [0.05, 0.1) is 0 Å². The first-order chi connectivity index (χ1) is 9.72. The Morgan fingerprint density at radius 1 is 1.40 bits per heavy atom. The Bertz CT molecular complexity index is 399. The number of nitrogens with one attached hydrogen (secondary N) is 1. The number of hydrogen-bond acceptors (Lipinski definition) is 3. The summed E-state index contributed by atoms with van der Waals surface area (Å²) in [4.78, 5) is 6.93. The fourth-order valence-electron chi connectivity index (χ4n) is 2.52. The van der Waals surface area contributed by atoms with Gasteiger partial charge in [-0.15, -0.1) is 0 Å². The molecule has 0 aromatic carbocycles. The molecule has 0 unspecified atom stereocenters. The molecule has 1 aromatic heterocycles. The standard InChI is InChI=1S/C17H29N3/c1-4-9-18-12-15-13-19-10-7-17(15)20(16-5-6-16)11-8-14(2)3/h7,10,13-14,16,18H,4-6,8-9,11-12H2,1-3H3. The Labute approximate surface area is 123 Å². The zero-order chi connectivity index (χ0) is 14.4. The normalized spacial score (nSPS) is 14.8. The van der Waals surface area contributed by atoms with Crippen LogP contribution in [0.5, 0.6) is 0 Å². The molecule has 20 heavy (non-hydrogen) atoms. The molecule has 0 atom stereocenters. The van der Waals surface area contributed by atoms with Gasteiger partial charge in [0, 0.05) is 42.8 Å². The van der Waals surface area contributed by atoms with Gasteiger partial charge in [0.15, 0.2) is 0 Å². The van der Waals surface area contributed by atoms with Crippen LogP contribution < -0.4 is 10.2 Å². The van der Waals surface area contributed by atoms with Gasteiger partial charge in [0.1, 0.15) is 0 Å². The molecular weight excluding hydrogens is 246 g/mol. The van der Waals surface area contributed by atoms with E-state index in [0.29, 0.717) is 0 Å². The van der Waals surface area contributed by atoms with Crippen LogP contribution >= 0.6 is 0 Å². The summed E-state index contributed by atoms with van der Waals surface area (Å²) in [5.74, 6) is 0.764. The third-order valence-electron chi connectivity index (χ3n) is 3.86. The molecule has 1 fully saturated rings. The highest BCUT2D eigenvalue weighted by molar-refractivity contribution is 5.54. The summed E-state index contributed by atoms with van der Waals surface area (Å²) in [7, 11) is 0. The fraction of sp³-hybridized carbons (Fsp3) is 0.706. The molecule has 112 valence electrons. The van der Waals surface area contributed by atoms with Gasteiger partial charge in [-0.1, -0.05) is 20.8 Å². The maximum Gasteiger partial charge on any atom is 0.0445 e. The first-order valence-corrected chi connectivity index (χ1v) is 8.12. The Kier molecular flexibility index (Phi) is 5.84. The minimum atomic E-state index is 0.764. The van der Waals surface area contributed by atoms with Crippen molar-refractivity contribution < 1.29 is 0 Å². The minimum absolute atomic E-state index is 0.764. The van der Waals surface area contributed by atoms with Gasteiger partial charge >= 0.3 is 0 Å². The average Bonchev–Trinajstić information content (AvgIpc) is 3.25. The second-order valence-corrected chi connectivity index (χ2v) is 6.29. The molecule has 1 saturated carbocycles. The Morgan fingerprint density at radius 3 is 2.85 bits per heavy atom. The first-order valence-electron chi connectivity index (χ1n) is 8.12. The smallest absolute Gasteiger partial charge is 0.0445 e. The molecule has 1 N–H and O–H groups in total. The molecule has 1 aliphatic rings. The lowest BCUT2D eigenvalue weighted by Gasteiger charge is -2.28. The van der Waals surface area contributed by atoms with Crippen molar-refractivity contribution in [3.8, 4) is 0 Å². The summed E-state index contributed by atoms with van der Waals surface area (Å²) >= 11 is 0. The van der Waals surface area contributed by atoms with Crippen molar-refractivity contribution in [1.29, 1.82) is 0 Å². The van der Waals surface area contributed by atoms with Gasteiger partial charge in [-0.3, -0.25) is 4.98 Å². The molecule has 1 aromatic rings. The summed E-state index contributed by atoms with van der Waals surface area (Å²) in [5, 5.41) is 3.50. The molecule has 1 heterocycles. The van der Waals surface area contributed by atoms with E-state index in [4.69, 9.17) is 0 Å². The SMILES string of the molecule is CCCNCc1cnccc1N(CCC(C)C)C1CC1. The second-order valence-electron chi connectivity index (χ2n) is 6.29. The second kappa shape index (κ2) is 7.63. The Balaban J connectivity index is 2.06. The number of pyridine rings is 1. The van der Waals surface area contributed by atoms with E-state index in [9.17, 15) is 0 Å². The Hall–Kier alpha value is -1.09. The molecule has 0 aliphatic heterocycles. The molecule has 0 spiro atoms. The minimum Gasteiger partial charge on any atom is -0.368 e. The molecule has 0 saturated heterocycles. The molecule has 0 radical (unpaired) electrons. The van der Waals surface area contributed by atoms with Gasteiger partial charge in [0.2, 0.25) is 0 Å². The lowest BCUT2D eigenvalue weighted by Crippen LogP contribution is -2.29. The van der Waals surface area contributed by atoms with E-state index in [2.05, 4.69) is 42.0 Å². The van der Waals surface area contributed by atoms with Crippen molar-refractivity contribution >= 4 is 5.69 Å². The van der Waals surface area contributed by atoms with Gasteiger partial charge in [0.25, 0.3) is 0 Å². The van der Waals surface area contributed by atoms with E-state index < -0.39 is 0 Å². The molecule has 3 heteroatoms. The summed E-state index contributed by atoms with van der Waals surface area (Å²) in [5.41, 5.74) is 2.74. The zero-order valence-corrected chi connectivity index (χ0v) is 13.2. The van der Waals surface area contributed by atoms with Crippen LogP contribution in [0.4, 0.5) is 5.69 Å². The topological polar surface area (TPSA) is 28.2 Å². The van der Waals surface area contributed by atoms with Crippen molar-refractivity contribution in [2.45, 2.75) is 59.0 Å². The van der Waals surface area contributed by atoms with Crippen molar-refractivity contribution in [2.24, 2.45) is 5.92 Å². The molecule has 0 amide bonds.